The predicted molar refractivity (Wildman–Crippen MR) is 77.6 cm³/mol. The van der Waals surface area contributed by atoms with Gasteiger partial charge < -0.3 is 9.15 Å². The van der Waals surface area contributed by atoms with Crippen LogP contribution in [0, 0.1) is 0 Å². The highest BCUT2D eigenvalue weighted by Gasteiger charge is 2.17. The van der Waals surface area contributed by atoms with Crippen molar-refractivity contribution >= 4 is 29.5 Å². The van der Waals surface area contributed by atoms with E-state index in [0.717, 1.165) is 9.88 Å². The van der Waals surface area contributed by atoms with Gasteiger partial charge in [0.15, 0.2) is 5.69 Å². The molecule has 0 aliphatic rings. The van der Waals surface area contributed by atoms with Gasteiger partial charge in [-0.2, -0.15) is 0 Å². The normalized spacial score (nSPS) is 12.0. The summed E-state index contributed by atoms with van der Waals surface area (Å²) in [5.74, 6) is -0.155. The van der Waals surface area contributed by atoms with Gasteiger partial charge in [-0.15, -0.1) is 11.3 Å². The molecule has 20 heavy (non-hydrogen) atoms. The van der Waals surface area contributed by atoms with Crippen LogP contribution < -0.4 is 0 Å². The molecule has 2 heterocycles. The SMILES string of the molecule is COC(=O)c1coc(/C=C/c2cnc(C(C)(C)C)s2)n1. The summed E-state index contributed by atoms with van der Waals surface area (Å²) >= 11 is 1.62. The summed E-state index contributed by atoms with van der Waals surface area (Å²) in [5, 5.41) is 1.07. The summed E-state index contributed by atoms with van der Waals surface area (Å²) in [5.41, 5.74) is 0.199. The Balaban J connectivity index is 2.11. The van der Waals surface area contributed by atoms with E-state index in [4.69, 9.17) is 4.42 Å². The van der Waals surface area contributed by atoms with E-state index in [1.165, 1.54) is 13.4 Å². The molecule has 0 amide bonds. The Labute approximate surface area is 121 Å². The van der Waals surface area contributed by atoms with Gasteiger partial charge in [0, 0.05) is 22.6 Å². The monoisotopic (exact) mass is 292 g/mol. The number of thiazole rings is 1. The van der Waals surface area contributed by atoms with Crippen LogP contribution in [0.4, 0.5) is 0 Å². The second kappa shape index (κ2) is 5.58. The first kappa shape index (κ1) is 14.5. The number of nitrogens with zero attached hydrogens (tertiary/aromatic N) is 2. The predicted octanol–water partition coefficient (Wildman–Crippen LogP) is 3.39. The van der Waals surface area contributed by atoms with Crippen LogP contribution in [0.2, 0.25) is 0 Å². The molecule has 6 heteroatoms. The maximum absolute atomic E-state index is 11.2. The fraction of sp³-hybridized carbons (Fsp3) is 0.357. The summed E-state index contributed by atoms with van der Waals surface area (Å²) < 4.78 is 9.73. The molecule has 5 nitrogen and oxygen atoms in total. The third kappa shape index (κ3) is 3.33. The van der Waals surface area contributed by atoms with Crippen LogP contribution in [0.5, 0.6) is 0 Å². The Morgan fingerprint density at radius 1 is 1.40 bits per heavy atom. The molecule has 106 valence electrons. The minimum absolute atomic E-state index is 0.0394. The minimum Gasteiger partial charge on any atom is -0.464 e. The van der Waals surface area contributed by atoms with Crippen molar-refractivity contribution in [3.63, 3.8) is 0 Å². The van der Waals surface area contributed by atoms with Crippen molar-refractivity contribution < 1.29 is 13.9 Å². The van der Waals surface area contributed by atoms with Crippen molar-refractivity contribution in [2.75, 3.05) is 7.11 Å². The maximum atomic E-state index is 11.2. The average Bonchev–Trinajstić information content (AvgIpc) is 3.03. The van der Waals surface area contributed by atoms with Gasteiger partial charge in [0.25, 0.3) is 0 Å². The van der Waals surface area contributed by atoms with Crippen LogP contribution in [-0.4, -0.2) is 23.0 Å². The van der Waals surface area contributed by atoms with E-state index in [0.29, 0.717) is 5.89 Å². The van der Waals surface area contributed by atoms with Gasteiger partial charge in [-0.1, -0.05) is 20.8 Å². The molecule has 2 rings (SSSR count). The van der Waals surface area contributed by atoms with Crippen molar-refractivity contribution in [2.45, 2.75) is 26.2 Å². The Bertz CT molecular complexity index is 635. The lowest BCUT2D eigenvalue weighted by atomic mass is 9.98. The number of esters is 1. The first-order valence-corrected chi connectivity index (χ1v) is 6.90. The van der Waals surface area contributed by atoms with Crippen LogP contribution >= 0.6 is 11.3 Å². The molecule has 0 aliphatic heterocycles. The van der Waals surface area contributed by atoms with Crippen LogP contribution in [-0.2, 0) is 10.2 Å². The first-order chi connectivity index (χ1) is 9.40. The summed E-state index contributed by atoms with van der Waals surface area (Å²) in [4.78, 5) is 20.6. The van der Waals surface area contributed by atoms with E-state index in [-0.39, 0.29) is 11.1 Å². The van der Waals surface area contributed by atoms with Crippen LogP contribution in [0.15, 0.2) is 16.9 Å². The zero-order valence-corrected chi connectivity index (χ0v) is 12.7. The van der Waals surface area contributed by atoms with Gasteiger partial charge in [0.2, 0.25) is 5.89 Å². The van der Waals surface area contributed by atoms with Gasteiger partial charge in [-0.25, -0.2) is 14.8 Å². The highest BCUT2D eigenvalue weighted by Crippen LogP contribution is 2.27. The highest BCUT2D eigenvalue weighted by atomic mass is 32.1. The first-order valence-electron chi connectivity index (χ1n) is 6.08. The number of hydrogen-bond donors (Lipinski definition) is 0. The number of oxazole rings is 1. The van der Waals surface area contributed by atoms with E-state index in [1.807, 2.05) is 12.3 Å². The second-order valence-electron chi connectivity index (χ2n) is 5.21. The van der Waals surface area contributed by atoms with E-state index < -0.39 is 5.97 Å². The lowest BCUT2D eigenvalue weighted by Crippen LogP contribution is -2.09. The quantitative estimate of drug-likeness (QED) is 0.811. The molecule has 0 unspecified atom stereocenters. The molecule has 0 saturated carbocycles. The van der Waals surface area contributed by atoms with Crippen molar-refractivity contribution in [3.05, 3.63) is 33.9 Å². The van der Waals surface area contributed by atoms with Crippen LogP contribution in [0.1, 0.15) is 47.0 Å². The topological polar surface area (TPSA) is 65.2 Å². The number of methoxy groups -OCH3 is 1. The largest absolute Gasteiger partial charge is 0.464 e. The Kier molecular flexibility index (Phi) is 4.04. The molecule has 0 N–H and O–H groups in total. The standard InChI is InChI=1S/C14H16N2O3S/c1-14(2,3)13-15-7-9(20-13)5-6-11-16-10(8-19-11)12(17)18-4/h5-8H,1-4H3/b6-5+. The number of rotatable bonds is 3. The fourth-order valence-electron chi connectivity index (χ4n) is 1.43. The molecule has 0 atom stereocenters. The fourth-order valence-corrected chi connectivity index (χ4v) is 2.30. The van der Waals surface area contributed by atoms with Crippen LogP contribution in [0.25, 0.3) is 12.2 Å². The highest BCUT2D eigenvalue weighted by molar-refractivity contribution is 7.12. The lowest BCUT2D eigenvalue weighted by molar-refractivity contribution is 0.0594. The molecule has 0 aliphatic carbocycles. The third-order valence-electron chi connectivity index (χ3n) is 2.47. The van der Waals surface area contributed by atoms with Crippen molar-refractivity contribution in [3.8, 4) is 0 Å². The Hall–Kier alpha value is -1.95. The van der Waals surface area contributed by atoms with E-state index in [1.54, 1.807) is 17.4 Å². The number of hydrogen-bond acceptors (Lipinski definition) is 6. The number of carbonyl (C=O) groups is 1. The average molecular weight is 292 g/mol. The molecule has 0 fully saturated rings. The number of ether oxygens (including phenoxy) is 1. The molecule has 2 aromatic rings. The van der Waals surface area contributed by atoms with Gasteiger partial charge in [-0.3, -0.25) is 0 Å². The molecule has 0 aromatic carbocycles. The molecule has 2 aromatic heterocycles. The third-order valence-corrected chi connectivity index (χ3v) is 3.86. The summed E-state index contributed by atoms with van der Waals surface area (Å²) in [6.07, 6.45) is 6.65. The van der Waals surface area contributed by atoms with E-state index >= 15 is 0 Å². The molecule has 0 spiro atoms. The Morgan fingerprint density at radius 2 is 2.15 bits per heavy atom. The summed E-state index contributed by atoms with van der Waals surface area (Å²) in [6.45, 7) is 6.36. The lowest BCUT2D eigenvalue weighted by Gasteiger charge is -2.13. The summed E-state index contributed by atoms with van der Waals surface area (Å²) in [6, 6.07) is 0. The Morgan fingerprint density at radius 3 is 2.75 bits per heavy atom. The van der Waals surface area contributed by atoms with Crippen molar-refractivity contribution in [1.29, 1.82) is 0 Å². The molecule has 0 radical (unpaired) electrons. The van der Waals surface area contributed by atoms with E-state index in [9.17, 15) is 4.79 Å². The van der Waals surface area contributed by atoms with Gasteiger partial charge in [-0.05, 0) is 6.08 Å². The van der Waals surface area contributed by atoms with Crippen molar-refractivity contribution in [2.24, 2.45) is 0 Å². The zero-order chi connectivity index (χ0) is 14.8. The summed E-state index contributed by atoms with van der Waals surface area (Å²) in [7, 11) is 1.30. The van der Waals surface area contributed by atoms with Crippen molar-refractivity contribution in [1.82, 2.24) is 9.97 Å². The zero-order valence-electron chi connectivity index (χ0n) is 11.8. The molecular formula is C14H16N2O3S. The smallest absolute Gasteiger partial charge is 0.360 e. The number of carbonyl (C=O) groups excluding carboxylic acids is 1. The molecular weight excluding hydrogens is 276 g/mol. The van der Waals surface area contributed by atoms with E-state index in [2.05, 4.69) is 35.5 Å². The van der Waals surface area contributed by atoms with Crippen LogP contribution in [0.3, 0.4) is 0 Å². The number of aromatic nitrogens is 2. The van der Waals surface area contributed by atoms with Gasteiger partial charge in [0.1, 0.15) is 6.26 Å². The van der Waals surface area contributed by atoms with Gasteiger partial charge in [0.05, 0.1) is 12.1 Å². The minimum atomic E-state index is -0.513. The second-order valence-corrected chi connectivity index (χ2v) is 6.28. The van der Waals surface area contributed by atoms with Gasteiger partial charge >= 0.3 is 5.97 Å². The molecule has 0 saturated heterocycles. The maximum Gasteiger partial charge on any atom is 0.360 e. The molecule has 0 bridgehead atoms.